The van der Waals surface area contributed by atoms with Crippen LogP contribution < -0.4 is 10.2 Å². The van der Waals surface area contributed by atoms with E-state index in [1.54, 1.807) is 35.0 Å². The van der Waals surface area contributed by atoms with Crippen molar-refractivity contribution in [1.82, 2.24) is 10.3 Å². The topological polar surface area (TPSA) is 80.2 Å². The molecule has 1 fully saturated rings. The molecule has 1 saturated heterocycles. The molecule has 2 amide bonds. The minimum Gasteiger partial charge on any atom is -0.484 e. The lowest BCUT2D eigenvalue weighted by Gasteiger charge is -2.26. The van der Waals surface area contributed by atoms with Gasteiger partial charge in [0.25, 0.3) is 5.91 Å². The Labute approximate surface area is 193 Å². The van der Waals surface area contributed by atoms with Crippen molar-refractivity contribution in [1.29, 1.82) is 0 Å². The summed E-state index contributed by atoms with van der Waals surface area (Å²) in [5.41, 5.74) is 7.05. The quantitative estimate of drug-likeness (QED) is 0.465. The molecule has 1 heterocycles. The minimum absolute atomic E-state index is 0.00325. The van der Waals surface area contributed by atoms with Crippen LogP contribution in [0.2, 0.25) is 0 Å². The van der Waals surface area contributed by atoms with E-state index < -0.39 is 0 Å². The molecule has 1 aliphatic heterocycles. The number of rotatable bonds is 9. The van der Waals surface area contributed by atoms with Gasteiger partial charge >= 0.3 is 0 Å². The van der Waals surface area contributed by atoms with Gasteiger partial charge in [-0.3, -0.25) is 9.59 Å². The van der Waals surface area contributed by atoms with Gasteiger partial charge in [0.1, 0.15) is 5.75 Å². The summed E-state index contributed by atoms with van der Waals surface area (Å²) < 4.78 is 10.8. The van der Waals surface area contributed by atoms with Gasteiger partial charge in [0.05, 0.1) is 25.2 Å². The van der Waals surface area contributed by atoms with Gasteiger partial charge in [-0.15, -0.1) is 11.8 Å². The second-order valence-corrected chi connectivity index (χ2v) is 8.62. The van der Waals surface area contributed by atoms with Crippen molar-refractivity contribution in [2.75, 3.05) is 38.7 Å². The highest BCUT2D eigenvalue weighted by Gasteiger charge is 2.17. The Hall–Kier alpha value is -2.84. The maximum Gasteiger partial charge on any atom is 0.260 e. The van der Waals surface area contributed by atoms with E-state index in [2.05, 4.69) is 42.6 Å². The lowest BCUT2D eigenvalue weighted by Crippen LogP contribution is -2.42. The Morgan fingerprint density at radius 3 is 2.50 bits per heavy atom. The molecule has 0 aromatic heterocycles. The monoisotopic (exact) mass is 455 g/mol. The van der Waals surface area contributed by atoms with E-state index in [-0.39, 0.29) is 18.4 Å². The first-order chi connectivity index (χ1) is 15.5. The highest BCUT2D eigenvalue weighted by atomic mass is 32.2. The molecule has 1 aliphatic rings. The van der Waals surface area contributed by atoms with Crippen molar-refractivity contribution >= 4 is 29.8 Å². The first-order valence-corrected chi connectivity index (χ1v) is 11.7. The van der Waals surface area contributed by atoms with Gasteiger partial charge < -0.3 is 14.4 Å². The molecule has 32 heavy (non-hydrogen) atoms. The fourth-order valence-electron chi connectivity index (χ4n) is 3.32. The van der Waals surface area contributed by atoms with E-state index in [4.69, 9.17) is 9.47 Å². The zero-order chi connectivity index (χ0) is 22.8. The molecule has 170 valence electrons. The number of hydrogen-bond donors (Lipinski definition) is 1. The van der Waals surface area contributed by atoms with Crippen molar-refractivity contribution in [2.24, 2.45) is 5.10 Å². The molecule has 1 N–H and O–H groups in total. The fourth-order valence-corrected chi connectivity index (χ4v) is 4.08. The molecule has 0 aliphatic carbocycles. The molecule has 3 rings (SSSR count). The average molecular weight is 456 g/mol. The SMILES string of the molecule is Cc1cc(C)cc(CSCC(=O)N/N=C\c2ccc(OCC(=O)N3CCOCC3)cc2)c1. The van der Waals surface area contributed by atoms with Crippen molar-refractivity contribution in [3.63, 3.8) is 0 Å². The third-order valence-corrected chi connectivity index (χ3v) is 5.80. The number of thioether (sulfide) groups is 1. The Morgan fingerprint density at radius 2 is 1.81 bits per heavy atom. The van der Waals surface area contributed by atoms with Crippen LogP contribution in [0, 0.1) is 13.8 Å². The summed E-state index contributed by atoms with van der Waals surface area (Å²) in [4.78, 5) is 25.8. The second kappa shape index (κ2) is 12.3. The van der Waals surface area contributed by atoms with E-state index in [9.17, 15) is 9.59 Å². The van der Waals surface area contributed by atoms with Gasteiger partial charge in [-0.2, -0.15) is 5.10 Å². The molecule has 7 nitrogen and oxygen atoms in total. The number of benzene rings is 2. The largest absolute Gasteiger partial charge is 0.484 e. The number of amides is 2. The lowest BCUT2D eigenvalue weighted by molar-refractivity contribution is -0.137. The van der Waals surface area contributed by atoms with Crippen LogP contribution in [0.25, 0.3) is 0 Å². The summed E-state index contributed by atoms with van der Waals surface area (Å²) in [5.74, 6) is 1.55. The fraction of sp³-hybridized carbons (Fsp3) is 0.375. The van der Waals surface area contributed by atoms with E-state index in [0.717, 1.165) is 11.3 Å². The zero-order valence-corrected chi connectivity index (χ0v) is 19.3. The molecule has 2 aromatic carbocycles. The molecule has 0 spiro atoms. The summed E-state index contributed by atoms with van der Waals surface area (Å²) in [6, 6.07) is 13.6. The van der Waals surface area contributed by atoms with Crippen LogP contribution in [-0.2, 0) is 20.1 Å². The maximum absolute atomic E-state index is 12.1. The summed E-state index contributed by atoms with van der Waals surface area (Å²) in [6.45, 7) is 6.51. The number of morpholine rings is 1. The van der Waals surface area contributed by atoms with Gasteiger partial charge in [-0.1, -0.05) is 29.3 Å². The lowest BCUT2D eigenvalue weighted by atomic mass is 10.1. The number of carbonyl (C=O) groups is 2. The third kappa shape index (κ3) is 8.01. The Balaban J connectivity index is 1.35. The first kappa shape index (κ1) is 23.8. The van der Waals surface area contributed by atoms with E-state index in [0.29, 0.717) is 37.8 Å². The third-order valence-electron chi connectivity index (χ3n) is 4.79. The van der Waals surface area contributed by atoms with Crippen LogP contribution >= 0.6 is 11.8 Å². The van der Waals surface area contributed by atoms with Crippen molar-refractivity contribution < 1.29 is 19.1 Å². The van der Waals surface area contributed by atoms with Gasteiger partial charge in [0, 0.05) is 18.8 Å². The molecular formula is C24H29N3O4S. The molecular weight excluding hydrogens is 426 g/mol. The maximum atomic E-state index is 12.1. The first-order valence-electron chi connectivity index (χ1n) is 10.5. The van der Waals surface area contributed by atoms with E-state index in [1.165, 1.54) is 16.7 Å². The van der Waals surface area contributed by atoms with E-state index >= 15 is 0 Å². The molecule has 2 aromatic rings. The zero-order valence-electron chi connectivity index (χ0n) is 18.5. The number of nitrogens with zero attached hydrogens (tertiary/aromatic N) is 2. The predicted octanol–water partition coefficient (Wildman–Crippen LogP) is 2.92. The van der Waals surface area contributed by atoms with E-state index in [1.807, 2.05) is 12.1 Å². The van der Waals surface area contributed by atoms with Crippen LogP contribution in [0.5, 0.6) is 5.75 Å². The molecule has 0 saturated carbocycles. The number of hydrazone groups is 1. The van der Waals surface area contributed by atoms with Crippen LogP contribution in [0.1, 0.15) is 22.3 Å². The van der Waals surface area contributed by atoms with Crippen LogP contribution in [-0.4, -0.2) is 61.6 Å². The summed E-state index contributed by atoms with van der Waals surface area (Å²) in [5, 5.41) is 4.01. The summed E-state index contributed by atoms with van der Waals surface area (Å²) >= 11 is 1.56. The number of ether oxygens (including phenoxy) is 2. The van der Waals surface area contributed by atoms with Crippen LogP contribution in [0.15, 0.2) is 47.6 Å². The van der Waals surface area contributed by atoms with Gasteiger partial charge in [-0.25, -0.2) is 5.43 Å². The van der Waals surface area contributed by atoms with Gasteiger partial charge in [0.2, 0.25) is 5.91 Å². The highest BCUT2D eigenvalue weighted by molar-refractivity contribution is 7.99. The van der Waals surface area contributed by atoms with Crippen LogP contribution in [0.4, 0.5) is 0 Å². The standard InChI is InChI=1S/C24H29N3O4S/c1-18-11-19(2)13-21(12-18)16-32-17-23(28)26-25-14-20-3-5-22(6-4-20)31-15-24(29)27-7-9-30-10-8-27/h3-6,11-14H,7-10,15-17H2,1-2H3,(H,26,28)/b25-14-. The van der Waals surface area contributed by atoms with Crippen molar-refractivity contribution in [3.05, 3.63) is 64.7 Å². The van der Waals surface area contributed by atoms with Crippen molar-refractivity contribution in [3.8, 4) is 5.75 Å². The summed E-state index contributed by atoms with van der Waals surface area (Å²) in [7, 11) is 0. The molecule has 0 unspecified atom stereocenters. The molecule has 8 heteroatoms. The molecule has 0 bridgehead atoms. The second-order valence-electron chi connectivity index (χ2n) is 7.63. The number of aryl methyl sites for hydroxylation is 2. The molecule has 0 radical (unpaired) electrons. The minimum atomic E-state index is -0.141. The van der Waals surface area contributed by atoms with Crippen LogP contribution in [0.3, 0.4) is 0 Å². The average Bonchev–Trinajstić information content (AvgIpc) is 2.78. The normalized spacial score (nSPS) is 13.9. The smallest absolute Gasteiger partial charge is 0.260 e. The Morgan fingerprint density at radius 1 is 1.12 bits per heavy atom. The van der Waals surface area contributed by atoms with Crippen molar-refractivity contribution in [2.45, 2.75) is 19.6 Å². The number of carbonyl (C=O) groups excluding carboxylic acids is 2. The Bertz CT molecular complexity index is 921. The molecule has 0 atom stereocenters. The summed E-state index contributed by atoms with van der Waals surface area (Å²) in [6.07, 6.45) is 1.58. The number of hydrogen-bond acceptors (Lipinski definition) is 6. The van der Waals surface area contributed by atoms with Gasteiger partial charge in [-0.05, 0) is 49.2 Å². The predicted molar refractivity (Wildman–Crippen MR) is 127 cm³/mol. The highest BCUT2D eigenvalue weighted by Crippen LogP contribution is 2.16. The van der Waals surface area contributed by atoms with Gasteiger partial charge in [0.15, 0.2) is 6.61 Å². The number of nitrogens with one attached hydrogen (secondary N) is 1. The Kier molecular flexibility index (Phi) is 9.13.